The summed E-state index contributed by atoms with van der Waals surface area (Å²) in [4.78, 5) is 33.1. The zero-order valence-corrected chi connectivity index (χ0v) is 45.4. The van der Waals surface area contributed by atoms with E-state index in [2.05, 4.69) is 29.6 Å². The molecule has 0 atom stereocenters. The van der Waals surface area contributed by atoms with Crippen LogP contribution in [0.5, 0.6) is 5.75 Å². The fourth-order valence-electron chi connectivity index (χ4n) is 7.04. The van der Waals surface area contributed by atoms with Crippen molar-refractivity contribution in [1.82, 2.24) is 10.4 Å². The van der Waals surface area contributed by atoms with Gasteiger partial charge in [-0.15, -0.1) is 0 Å². The van der Waals surface area contributed by atoms with Crippen LogP contribution >= 0.6 is 0 Å². The maximum absolute atomic E-state index is 14.0. The molecular formula is C53H72F4N4O17S. The molecule has 4 rings (SSSR count). The van der Waals surface area contributed by atoms with Crippen LogP contribution in [0.15, 0.2) is 70.2 Å². The number of esters is 1. The third kappa shape index (κ3) is 24.4. The number of amidine groups is 1. The highest BCUT2D eigenvalue weighted by atomic mass is 32.2. The highest BCUT2D eigenvalue weighted by molar-refractivity contribution is 7.85. The van der Waals surface area contributed by atoms with Crippen LogP contribution in [0.3, 0.4) is 0 Å². The van der Waals surface area contributed by atoms with Crippen molar-refractivity contribution in [2.75, 3.05) is 152 Å². The van der Waals surface area contributed by atoms with E-state index in [4.69, 9.17) is 67.5 Å². The van der Waals surface area contributed by atoms with Gasteiger partial charge in [0, 0.05) is 30.6 Å². The van der Waals surface area contributed by atoms with E-state index in [1.54, 1.807) is 6.07 Å². The molecule has 0 spiro atoms. The Morgan fingerprint density at radius 1 is 0.671 bits per heavy atom. The smallest absolute Gasteiger partial charge is 0.313 e. The number of fused-ring (bicyclic) bond motifs is 1. The van der Waals surface area contributed by atoms with Gasteiger partial charge in [-0.3, -0.25) is 24.0 Å². The largest absolute Gasteiger partial charge is 0.420 e. The van der Waals surface area contributed by atoms with E-state index in [0.717, 1.165) is 40.1 Å². The fourth-order valence-corrected chi connectivity index (χ4v) is 7.67. The van der Waals surface area contributed by atoms with E-state index in [1.165, 1.54) is 0 Å². The molecule has 3 aromatic carbocycles. The Hall–Kier alpha value is -5.46. The molecule has 21 nitrogen and oxygen atoms in total. The molecule has 0 radical (unpaired) electrons. The minimum absolute atomic E-state index is 0.0189. The lowest BCUT2D eigenvalue weighted by molar-refractivity contribution is -0.136. The zero-order chi connectivity index (χ0) is 57.3. The minimum Gasteiger partial charge on any atom is -0.420 e. The average molecular weight is 1150 g/mol. The molecule has 1 amide bonds. The number of nitrogens with zero attached hydrogens (tertiary/aromatic N) is 2. The molecule has 0 unspecified atom stereocenters. The molecule has 0 saturated heterocycles. The number of amides is 1. The monoisotopic (exact) mass is 1140 g/mol. The second kappa shape index (κ2) is 37.5. The number of hydroxylamine groups is 2. The van der Waals surface area contributed by atoms with Crippen LogP contribution in [0.4, 0.5) is 23.2 Å². The fraction of sp³-hybridized carbons (Fsp3) is 0.528. The molecule has 79 heavy (non-hydrogen) atoms. The highest BCUT2D eigenvalue weighted by Gasteiger charge is 2.34. The number of carbonyl (C=O) groups excluding carboxylic acids is 2. The first kappa shape index (κ1) is 66.1. The summed E-state index contributed by atoms with van der Waals surface area (Å²) in [5.74, 6) is -12.4. The molecule has 440 valence electrons. The van der Waals surface area contributed by atoms with Crippen LogP contribution in [0.25, 0.3) is 17.2 Å². The van der Waals surface area contributed by atoms with Crippen LogP contribution in [0, 0.1) is 23.3 Å². The maximum Gasteiger partial charge on any atom is 0.313 e. The molecule has 1 heterocycles. The van der Waals surface area contributed by atoms with Crippen LogP contribution < -0.4 is 15.8 Å². The zero-order valence-electron chi connectivity index (χ0n) is 44.6. The second-order valence-electron chi connectivity index (χ2n) is 16.8. The van der Waals surface area contributed by atoms with Crippen molar-refractivity contribution in [2.24, 2.45) is 10.7 Å². The average Bonchev–Trinajstić information content (AvgIpc) is 3.62. The number of nitrogens with two attached hydrogens (primary N) is 1. The van der Waals surface area contributed by atoms with Crippen molar-refractivity contribution in [2.45, 2.75) is 38.0 Å². The number of halogens is 4. The predicted octanol–water partition coefficient (Wildman–Crippen LogP) is 6.00. The topological polar surface area (TPSA) is 253 Å². The summed E-state index contributed by atoms with van der Waals surface area (Å²) in [5, 5.41) is 4.72. The molecule has 1 aliphatic heterocycles. The molecular weight excluding hydrogens is 1070 g/mol. The van der Waals surface area contributed by atoms with Gasteiger partial charge in [-0.2, -0.15) is 17.2 Å². The van der Waals surface area contributed by atoms with Crippen molar-refractivity contribution < 1.29 is 97.1 Å². The van der Waals surface area contributed by atoms with Crippen LogP contribution in [-0.4, -0.2) is 188 Å². The number of carbonyl (C=O) groups is 2. The van der Waals surface area contributed by atoms with Crippen LogP contribution in [-0.2, 0) is 67.1 Å². The highest BCUT2D eigenvalue weighted by Crippen LogP contribution is 2.35. The van der Waals surface area contributed by atoms with Crippen molar-refractivity contribution in [3.05, 3.63) is 94.7 Å². The molecule has 4 N–H and O–H groups in total. The number of hydrogen-bond acceptors (Lipinski definition) is 19. The lowest BCUT2D eigenvalue weighted by Crippen LogP contribution is -2.27. The van der Waals surface area contributed by atoms with E-state index < -0.39 is 56.4 Å². The van der Waals surface area contributed by atoms with Gasteiger partial charge in [0.05, 0.1) is 157 Å². The normalized spacial score (nSPS) is 12.4. The Morgan fingerprint density at radius 2 is 1.14 bits per heavy atom. The van der Waals surface area contributed by atoms with Crippen molar-refractivity contribution in [1.29, 1.82) is 0 Å². The van der Waals surface area contributed by atoms with Crippen LogP contribution in [0.2, 0.25) is 0 Å². The third-order valence-corrected chi connectivity index (χ3v) is 11.7. The van der Waals surface area contributed by atoms with Gasteiger partial charge in [-0.05, 0) is 54.3 Å². The van der Waals surface area contributed by atoms with Gasteiger partial charge in [0.15, 0.2) is 16.5 Å². The molecule has 26 heteroatoms. The van der Waals surface area contributed by atoms with Gasteiger partial charge in [-0.25, -0.2) is 13.8 Å². The van der Waals surface area contributed by atoms with Crippen LogP contribution in [0.1, 0.15) is 49.0 Å². The third-order valence-electron chi connectivity index (χ3n) is 10.8. The summed E-state index contributed by atoms with van der Waals surface area (Å²) in [6.07, 6.45) is 2.83. The van der Waals surface area contributed by atoms with Gasteiger partial charge in [0.1, 0.15) is 5.84 Å². The predicted molar refractivity (Wildman–Crippen MR) is 280 cm³/mol. The standard InChI is InChI=1S/C53H72F4N4O17S/c1-4-13-61(77-5-2)38(3)43-35-41-10-9-40(36-44(41)60-45(58)37-43)39-7-6-8-42(34-39)53(63)59-12-15-68-17-19-70-21-23-72-25-27-74-29-31-76-33-32-75-30-28-73-26-24-71-22-20-69-18-16-67-14-11-46(62)78-51-47(54)49(56)52(79(64,65)66)50(57)48(51)55/h6-10,34-36H,3-5,11-33,37H2,1-2H3,(H2,58,60)(H,59,63)(H,64,65,66). The summed E-state index contributed by atoms with van der Waals surface area (Å²) < 4.78 is 145. The molecule has 0 aromatic heterocycles. The van der Waals surface area contributed by atoms with Gasteiger partial charge < -0.3 is 63.2 Å². The molecule has 1 aliphatic rings. The number of rotatable bonds is 43. The first-order chi connectivity index (χ1) is 38.2. The lowest BCUT2D eigenvalue weighted by Gasteiger charge is -2.26. The van der Waals surface area contributed by atoms with Crippen molar-refractivity contribution in [3.63, 3.8) is 0 Å². The van der Waals surface area contributed by atoms with Crippen molar-refractivity contribution in [3.8, 4) is 16.9 Å². The van der Waals surface area contributed by atoms with E-state index in [0.29, 0.717) is 137 Å². The van der Waals surface area contributed by atoms with Gasteiger partial charge in [0.2, 0.25) is 17.4 Å². The Labute approximate surface area is 457 Å². The molecule has 0 saturated carbocycles. The number of nitrogens with one attached hydrogen (secondary N) is 1. The first-order valence-electron chi connectivity index (χ1n) is 25.6. The molecule has 0 bridgehead atoms. The number of benzene rings is 3. The Bertz CT molecular complexity index is 2510. The van der Waals surface area contributed by atoms with Crippen molar-refractivity contribution >= 4 is 39.6 Å². The number of aliphatic imine (C=N–C) groups is 1. The summed E-state index contributed by atoms with van der Waals surface area (Å²) >= 11 is 0. The Morgan fingerprint density at radius 3 is 1.61 bits per heavy atom. The van der Waals surface area contributed by atoms with Gasteiger partial charge in [0.25, 0.3) is 5.91 Å². The maximum atomic E-state index is 14.0. The van der Waals surface area contributed by atoms with E-state index >= 15 is 0 Å². The number of ether oxygens (including phenoxy) is 11. The summed E-state index contributed by atoms with van der Waals surface area (Å²) in [6.45, 7) is 15.9. The Kier molecular flexibility index (Phi) is 31.3. The number of hydrogen-bond donors (Lipinski definition) is 3. The van der Waals surface area contributed by atoms with Gasteiger partial charge in [-0.1, -0.05) is 37.8 Å². The SMILES string of the molecule is C=C(C1=Cc2ccc(-c3cccc(C(=O)NCCOCCOCCOCCOCCOCCOCCOCCOCCOCCOCCC(=O)Oc4c(F)c(F)c(S(=O)(=O)O)c(F)c4F)c3)cc2N=C(N)C1)N(CCC)OCC. The Balaban J connectivity index is 0.874. The van der Waals surface area contributed by atoms with E-state index in [9.17, 15) is 35.6 Å². The minimum atomic E-state index is -5.65. The number of allylic oxidation sites excluding steroid dienone is 1. The first-order valence-corrected chi connectivity index (χ1v) is 27.1. The second-order valence-corrected chi connectivity index (χ2v) is 18.1. The van der Waals surface area contributed by atoms with E-state index in [1.807, 2.05) is 48.4 Å². The van der Waals surface area contributed by atoms with E-state index in [-0.39, 0.29) is 38.9 Å². The summed E-state index contributed by atoms with van der Waals surface area (Å²) in [7, 11) is -5.65. The lowest BCUT2D eigenvalue weighted by atomic mass is 9.99. The molecule has 0 aliphatic carbocycles. The van der Waals surface area contributed by atoms with Gasteiger partial charge >= 0.3 is 16.1 Å². The molecule has 3 aromatic rings. The summed E-state index contributed by atoms with van der Waals surface area (Å²) in [5.41, 5.74) is 12.0. The quantitative estimate of drug-likeness (QED) is 0.0112. The summed E-state index contributed by atoms with van der Waals surface area (Å²) in [6, 6.07) is 13.4. The molecule has 0 fully saturated rings.